The summed E-state index contributed by atoms with van der Waals surface area (Å²) in [5.41, 5.74) is 4.18. The van der Waals surface area contributed by atoms with E-state index in [2.05, 4.69) is 20.5 Å². The van der Waals surface area contributed by atoms with Gasteiger partial charge in [-0.2, -0.15) is 0 Å². The van der Waals surface area contributed by atoms with Gasteiger partial charge in [-0.15, -0.1) is 10.2 Å². The smallest absolute Gasteiger partial charge is 0.253 e. The zero-order valence-electron chi connectivity index (χ0n) is 21.2. The molecule has 3 aromatic heterocycles. The first-order chi connectivity index (χ1) is 18.2. The summed E-state index contributed by atoms with van der Waals surface area (Å²) in [6, 6.07) is 14.6. The number of fused-ring (bicyclic) bond motifs is 2. The van der Waals surface area contributed by atoms with Gasteiger partial charge in [0.05, 0.1) is 11.1 Å². The molecule has 9 nitrogen and oxygen atoms in total. The Hall–Kier alpha value is -3.89. The van der Waals surface area contributed by atoms with Crippen LogP contribution in [0.1, 0.15) is 48.2 Å². The van der Waals surface area contributed by atoms with Crippen LogP contribution >= 0.6 is 22.9 Å². The Morgan fingerprint density at radius 2 is 1.74 bits per heavy atom. The predicted octanol–water partition coefficient (Wildman–Crippen LogP) is 5.64. The van der Waals surface area contributed by atoms with E-state index in [0.29, 0.717) is 34.7 Å². The highest BCUT2D eigenvalue weighted by molar-refractivity contribution is 7.13. The van der Waals surface area contributed by atoms with Crippen molar-refractivity contribution in [2.24, 2.45) is 5.41 Å². The van der Waals surface area contributed by atoms with Crippen LogP contribution in [0.15, 0.2) is 54.0 Å². The molecular formula is C27H25ClN6O3S. The molecule has 0 spiro atoms. The van der Waals surface area contributed by atoms with E-state index in [9.17, 15) is 9.59 Å². The average Bonchev–Trinajstić information content (AvgIpc) is 3.43. The standard InChI is InChI=1S/C27H25ClN6O3S/c1-5-34(4)24(35)16-8-6-15(7-9-16)19-12-10-17-21(27(2,3)25(36)32-26-33-29-14-38-26)18-11-13-20(28)31-23(18)37-22(17)30-19/h6-14,21H,5H2,1-4H3,(H,32,33,36). The molecule has 5 rings (SSSR count). The molecule has 1 aliphatic heterocycles. The number of pyridine rings is 2. The van der Waals surface area contributed by atoms with E-state index in [1.807, 2.05) is 51.1 Å². The summed E-state index contributed by atoms with van der Waals surface area (Å²) in [5, 5.41) is 11.3. The fourth-order valence-corrected chi connectivity index (χ4v) is 5.02. The first-order valence-electron chi connectivity index (χ1n) is 12.0. The molecule has 4 heterocycles. The van der Waals surface area contributed by atoms with E-state index in [0.717, 1.165) is 16.7 Å². The first kappa shape index (κ1) is 25.7. The largest absolute Gasteiger partial charge is 0.420 e. The second kappa shape index (κ2) is 10.1. The highest BCUT2D eigenvalue weighted by Gasteiger charge is 2.45. The van der Waals surface area contributed by atoms with Gasteiger partial charge < -0.3 is 15.0 Å². The number of carbonyl (C=O) groups excluding carboxylic acids is 2. The lowest BCUT2D eigenvalue weighted by Gasteiger charge is -2.37. The molecule has 1 N–H and O–H groups in total. The van der Waals surface area contributed by atoms with E-state index < -0.39 is 11.3 Å². The molecule has 0 radical (unpaired) electrons. The number of benzene rings is 1. The average molecular weight is 549 g/mol. The van der Waals surface area contributed by atoms with Crippen LogP contribution in [0.2, 0.25) is 5.15 Å². The molecule has 1 atom stereocenters. The van der Waals surface area contributed by atoms with Gasteiger partial charge in [-0.3, -0.25) is 9.59 Å². The molecule has 0 bridgehead atoms. The molecule has 11 heteroatoms. The number of carbonyl (C=O) groups is 2. The van der Waals surface area contributed by atoms with E-state index in [-0.39, 0.29) is 17.0 Å². The zero-order chi connectivity index (χ0) is 27.0. The third-order valence-corrected chi connectivity index (χ3v) is 7.51. The van der Waals surface area contributed by atoms with E-state index >= 15 is 0 Å². The second-order valence-electron chi connectivity index (χ2n) is 9.47. The van der Waals surface area contributed by atoms with Crippen molar-refractivity contribution in [3.05, 3.63) is 75.9 Å². The lowest BCUT2D eigenvalue weighted by Crippen LogP contribution is -2.38. The number of nitrogens with zero attached hydrogens (tertiary/aromatic N) is 5. The lowest BCUT2D eigenvalue weighted by molar-refractivity contribution is -0.124. The number of hydrogen-bond acceptors (Lipinski definition) is 8. The number of ether oxygens (including phenoxy) is 1. The van der Waals surface area contributed by atoms with Gasteiger partial charge >= 0.3 is 0 Å². The number of anilines is 1. The van der Waals surface area contributed by atoms with Crippen molar-refractivity contribution in [2.75, 3.05) is 18.9 Å². The number of aromatic nitrogens is 4. The van der Waals surface area contributed by atoms with Crippen LogP contribution in [0, 0.1) is 5.41 Å². The molecular weight excluding hydrogens is 524 g/mol. The van der Waals surface area contributed by atoms with Gasteiger partial charge in [0.2, 0.25) is 22.8 Å². The summed E-state index contributed by atoms with van der Waals surface area (Å²) in [6.07, 6.45) is 0. The molecule has 4 aromatic rings. The van der Waals surface area contributed by atoms with Crippen molar-refractivity contribution in [3.63, 3.8) is 0 Å². The molecule has 1 aromatic carbocycles. The van der Waals surface area contributed by atoms with Crippen molar-refractivity contribution in [1.82, 2.24) is 25.1 Å². The molecule has 1 unspecified atom stereocenters. The number of amides is 2. The summed E-state index contributed by atoms with van der Waals surface area (Å²) in [5.74, 6) is -0.0471. The summed E-state index contributed by atoms with van der Waals surface area (Å²) in [4.78, 5) is 36.7. The lowest BCUT2D eigenvalue weighted by atomic mass is 9.70. The monoisotopic (exact) mass is 548 g/mol. The fraction of sp³-hybridized carbons (Fsp3) is 0.259. The van der Waals surface area contributed by atoms with Gasteiger partial charge in [0, 0.05) is 41.8 Å². The third kappa shape index (κ3) is 4.72. The highest BCUT2D eigenvalue weighted by Crippen LogP contribution is 2.51. The van der Waals surface area contributed by atoms with Crippen LogP contribution in [0.25, 0.3) is 11.3 Å². The molecule has 38 heavy (non-hydrogen) atoms. The minimum atomic E-state index is -0.940. The Balaban J connectivity index is 1.53. The Morgan fingerprint density at radius 1 is 1.05 bits per heavy atom. The van der Waals surface area contributed by atoms with E-state index in [1.165, 1.54) is 11.3 Å². The zero-order valence-corrected chi connectivity index (χ0v) is 22.8. The van der Waals surface area contributed by atoms with Crippen molar-refractivity contribution in [2.45, 2.75) is 26.7 Å². The quantitative estimate of drug-likeness (QED) is 0.310. The van der Waals surface area contributed by atoms with Gasteiger partial charge in [0.1, 0.15) is 10.7 Å². The summed E-state index contributed by atoms with van der Waals surface area (Å²) >= 11 is 7.44. The highest BCUT2D eigenvalue weighted by atomic mass is 35.5. The molecule has 0 aliphatic carbocycles. The molecule has 0 saturated carbocycles. The number of nitrogens with one attached hydrogen (secondary N) is 1. The van der Waals surface area contributed by atoms with E-state index in [4.69, 9.17) is 21.3 Å². The Labute approximate surface area is 228 Å². The van der Waals surface area contributed by atoms with Gasteiger partial charge in [0.15, 0.2) is 0 Å². The third-order valence-electron chi connectivity index (χ3n) is 6.70. The Bertz CT molecular complexity index is 1510. The minimum absolute atomic E-state index is 0.0442. The fourth-order valence-electron chi connectivity index (χ4n) is 4.44. The maximum atomic E-state index is 13.5. The minimum Gasteiger partial charge on any atom is -0.420 e. The van der Waals surface area contributed by atoms with Crippen LogP contribution in [0.5, 0.6) is 11.8 Å². The number of halogens is 1. The Kier molecular flexibility index (Phi) is 6.85. The second-order valence-corrected chi connectivity index (χ2v) is 10.7. The van der Waals surface area contributed by atoms with Crippen molar-refractivity contribution in [3.8, 4) is 23.0 Å². The van der Waals surface area contributed by atoms with Gasteiger partial charge in [-0.25, -0.2) is 9.97 Å². The maximum absolute atomic E-state index is 13.5. The molecule has 2 amide bonds. The van der Waals surface area contributed by atoms with Crippen LogP contribution in [-0.2, 0) is 4.79 Å². The molecule has 0 fully saturated rings. The maximum Gasteiger partial charge on any atom is 0.253 e. The van der Waals surface area contributed by atoms with Crippen LogP contribution in [-0.4, -0.2) is 50.5 Å². The van der Waals surface area contributed by atoms with Gasteiger partial charge in [-0.05, 0) is 37.3 Å². The van der Waals surface area contributed by atoms with Crippen molar-refractivity contribution in [1.29, 1.82) is 0 Å². The van der Waals surface area contributed by atoms with Crippen molar-refractivity contribution < 1.29 is 14.3 Å². The molecule has 0 saturated heterocycles. The van der Waals surface area contributed by atoms with Gasteiger partial charge in [-0.1, -0.05) is 55.0 Å². The Morgan fingerprint density at radius 3 is 2.39 bits per heavy atom. The molecule has 194 valence electrons. The summed E-state index contributed by atoms with van der Waals surface area (Å²) < 4.78 is 6.12. The number of rotatable bonds is 6. The topological polar surface area (TPSA) is 110 Å². The van der Waals surface area contributed by atoms with Crippen molar-refractivity contribution >= 4 is 39.9 Å². The molecule has 1 aliphatic rings. The van der Waals surface area contributed by atoms with Crippen LogP contribution in [0.4, 0.5) is 5.13 Å². The van der Waals surface area contributed by atoms with Crippen LogP contribution < -0.4 is 10.1 Å². The first-order valence-corrected chi connectivity index (χ1v) is 13.2. The normalized spacial score (nSPS) is 14.2. The SMILES string of the molecule is CCN(C)C(=O)c1ccc(-c2ccc3c(n2)Oc2nc(Cl)ccc2C3C(C)(C)C(=O)Nc2nncs2)cc1. The van der Waals surface area contributed by atoms with Gasteiger partial charge in [0.25, 0.3) is 5.91 Å². The number of hydrogen-bond donors (Lipinski definition) is 1. The summed E-state index contributed by atoms with van der Waals surface area (Å²) in [7, 11) is 1.77. The van der Waals surface area contributed by atoms with E-state index in [1.54, 1.807) is 35.7 Å². The summed E-state index contributed by atoms with van der Waals surface area (Å²) in [6.45, 7) is 6.27. The van der Waals surface area contributed by atoms with Crippen LogP contribution in [0.3, 0.4) is 0 Å². The predicted molar refractivity (Wildman–Crippen MR) is 146 cm³/mol.